The van der Waals surface area contributed by atoms with Crippen LogP contribution < -0.4 is 0 Å². The van der Waals surface area contributed by atoms with Crippen LogP contribution in [0.25, 0.3) is 0 Å². The summed E-state index contributed by atoms with van der Waals surface area (Å²) in [7, 11) is 0. The van der Waals surface area contributed by atoms with E-state index in [0.29, 0.717) is 11.8 Å². The summed E-state index contributed by atoms with van der Waals surface area (Å²) in [5.74, 6) is 1.94. The second kappa shape index (κ2) is 4.66. The van der Waals surface area contributed by atoms with E-state index in [4.69, 9.17) is 5.11 Å². The third-order valence-corrected chi connectivity index (χ3v) is 3.18. The molecule has 0 spiro atoms. The van der Waals surface area contributed by atoms with Gasteiger partial charge in [0.15, 0.2) is 0 Å². The summed E-state index contributed by atoms with van der Waals surface area (Å²) in [6.45, 7) is 6.36. The predicted octanol–water partition coefficient (Wildman–Crippen LogP) is 2.61. The molecule has 1 saturated carbocycles. The first-order valence-electron chi connectivity index (χ1n) is 5.01. The minimum absolute atomic E-state index is 0.280. The van der Waals surface area contributed by atoms with E-state index in [2.05, 4.69) is 13.5 Å². The molecule has 0 aromatic rings. The van der Waals surface area contributed by atoms with Crippen LogP contribution in [0.5, 0.6) is 0 Å². The van der Waals surface area contributed by atoms with Gasteiger partial charge >= 0.3 is 0 Å². The Morgan fingerprint density at radius 1 is 1.42 bits per heavy atom. The largest absolute Gasteiger partial charge is 0.396 e. The van der Waals surface area contributed by atoms with E-state index in [1.807, 2.05) is 6.08 Å². The van der Waals surface area contributed by atoms with E-state index in [9.17, 15) is 0 Å². The SMILES string of the molecule is C=CC(CO)C1CCC(C)CC1. The zero-order valence-electron chi connectivity index (χ0n) is 8.00. The Balaban J connectivity index is 2.37. The average Bonchev–Trinajstić information content (AvgIpc) is 2.10. The van der Waals surface area contributed by atoms with Crippen LogP contribution >= 0.6 is 0 Å². The van der Waals surface area contributed by atoms with Crippen LogP contribution in [-0.4, -0.2) is 11.7 Å². The van der Waals surface area contributed by atoms with Crippen LogP contribution in [0, 0.1) is 17.8 Å². The van der Waals surface area contributed by atoms with Gasteiger partial charge in [0.1, 0.15) is 0 Å². The Labute approximate surface area is 75.5 Å². The van der Waals surface area contributed by atoms with E-state index in [0.717, 1.165) is 5.92 Å². The molecule has 0 heterocycles. The minimum Gasteiger partial charge on any atom is -0.396 e. The van der Waals surface area contributed by atoms with Gasteiger partial charge in [-0.25, -0.2) is 0 Å². The molecule has 0 aromatic carbocycles. The fourth-order valence-corrected chi connectivity index (χ4v) is 2.13. The van der Waals surface area contributed by atoms with E-state index in [1.165, 1.54) is 25.7 Å². The molecule has 0 amide bonds. The lowest BCUT2D eigenvalue weighted by molar-refractivity contribution is 0.164. The number of hydrogen-bond donors (Lipinski definition) is 1. The lowest BCUT2D eigenvalue weighted by Crippen LogP contribution is -2.21. The number of aliphatic hydroxyl groups is 1. The van der Waals surface area contributed by atoms with Crippen LogP contribution in [0.3, 0.4) is 0 Å². The van der Waals surface area contributed by atoms with Crippen molar-refractivity contribution in [2.45, 2.75) is 32.6 Å². The summed E-state index contributed by atoms with van der Waals surface area (Å²) in [6, 6.07) is 0. The fraction of sp³-hybridized carbons (Fsp3) is 0.818. The van der Waals surface area contributed by atoms with Crippen molar-refractivity contribution < 1.29 is 5.11 Å². The third-order valence-electron chi connectivity index (χ3n) is 3.18. The van der Waals surface area contributed by atoms with E-state index >= 15 is 0 Å². The van der Waals surface area contributed by atoms with Crippen molar-refractivity contribution in [3.8, 4) is 0 Å². The highest BCUT2D eigenvalue weighted by Crippen LogP contribution is 2.33. The third kappa shape index (κ3) is 2.34. The fourth-order valence-electron chi connectivity index (χ4n) is 2.13. The van der Waals surface area contributed by atoms with Crippen LogP contribution in [0.15, 0.2) is 12.7 Å². The monoisotopic (exact) mass is 168 g/mol. The van der Waals surface area contributed by atoms with Gasteiger partial charge in [-0.3, -0.25) is 0 Å². The molecule has 1 rings (SSSR count). The quantitative estimate of drug-likeness (QED) is 0.642. The summed E-state index contributed by atoms with van der Waals surface area (Å²) in [5.41, 5.74) is 0. The van der Waals surface area contributed by atoms with Crippen molar-refractivity contribution in [2.24, 2.45) is 17.8 Å². The molecule has 0 saturated heterocycles. The smallest absolute Gasteiger partial charge is 0.0496 e. The normalized spacial score (nSPS) is 32.8. The van der Waals surface area contributed by atoms with Gasteiger partial charge in [-0.05, 0) is 24.7 Å². The lowest BCUT2D eigenvalue weighted by Gasteiger charge is -2.30. The first-order valence-corrected chi connectivity index (χ1v) is 5.01. The first-order chi connectivity index (χ1) is 5.77. The topological polar surface area (TPSA) is 20.2 Å². The molecule has 0 aromatic heterocycles. The maximum Gasteiger partial charge on any atom is 0.0496 e. The molecule has 1 fully saturated rings. The first kappa shape index (κ1) is 9.79. The van der Waals surface area contributed by atoms with Crippen molar-refractivity contribution >= 4 is 0 Å². The van der Waals surface area contributed by atoms with E-state index < -0.39 is 0 Å². The highest BCUT2D eigenvalue weighted by molar-refractivity contribution is 4.86. The number of aliphatic hydroxyl groups excluding tert-OH is 1. The molecule has 70 valence electrons. The van der Waals surface area contributed by atoms with E-state index in [1.54, 1.807) is 0 Å². The second-order valence-corrected chi connectivity index (χ2v) is 4.10. The van der Waals surface area contributed by atoms with Gasteiger partial charge in [-0.1, -0.05) is 25.8 Å². The standard InChI is InChI=1S/C11H20O/c1-3-10(8-12)11-6-4-9(2)5-7-11/h3,9-12H,1,4-8H2,2H3. The van der Waals surface area contributed by atoms with Gasteiger partial charge in [-0.15, -0.1) is 6.58 Å². The summed E-state index contributed by atoms with van der Waals surface area (Å²) in [6.07, 6.45) is 7.13. The molecule has 1 unspecified atom stereocenters. The summed E-state index contributed by atoms with van der Waals surface area (Å²) >= 11 is 0. The Kier molecular flexibility index (Phi) is 3.80. The molecular weight excluding hydrogens is 148 g/mol. The second-order valence-electron chi connectivity index (χ2n) is 4.10. The molecule has 0 radical (unpaired) electrons. The maximum atomic E-state index is 9.07. The molecule has 1 N–H and O–H groups in total. The van der Waals surface area contributed by atoms with Gasteiger partial charge in [0.25, 0.3) is 0 Å². The Morgan fingerprint density at radius 3 is 2.42 bits per heavy atom. The average molecular weight is 168 g/mol. The van der Waals surface area contributed by atoms with Crippen molar-refractivity contribution in [3.05, 3.63) is 12.7 Å². The summed E-state index contributed by atoms with van der Waals surface area (Å²) in [5, 5.41) is 9.07. The zero-order valence-corrected chi connectivity index (χ0v) is 8.00. The molecule has 0 bridgehead atoms. The van der Waals surface area contributed by atoms with Crippen LogP contribution in [0.2, 0.25) is 0 Å². The minimum atomic E-state index is 0.280. The molecular formula is C11H20O. The highest BCUT2D eigenvalue weighted by Gasteiger charge is 2.23. The maximum absolute atomic E-state index is 9.07. The molecule has 1 atom stereocenters. The van der Waals surface area contributed by atoms with Crippen LogP contribution in [-0.2, 0) is 0 Å². The van der Waals surface area contributed by atoms with E-state index in [-0.39, 0.29) is 6.61 Å². The number of rotatable bonds is 3. The van der Waals surface area contributed by atoms with Gasteiger partial charge in [0.05, 0.1) is 0 Å². The van der Waals surface area contributed by atoms with Crippen molar-refractivity contribution in [2.75, 3.05) is 6.61 Å². The van der Waals surface area contributed by atoms with Crippen molar-refractivity contribution in [1.82, 2.24) is 0 Å². The zero-order chi connectivity index (χ0) is 8.97. The molecule has 1 heteroatoms. The molecule has 1 aliphatic rings. The molecule has 0 aliphatic heterocycles. The Hall–Kier alpha value is -0.300. The van der Waals surface area contributed by atoms with Gasteiger partial charge < -0.3 is 5.11 Å². The Morgan fingerprint density at radius 2 is 2.00 bits per heavy atom. The molecule has 12 heavy (non-hydrogen) atoms. The van der Waals surface area contributed by atoms with Crippen molar-refractivity contribution in [3.63, 3.8) is 0 Å². The molecule has 1 aliphatic carbocycles. The summed E-state index contributed by atoms with van der Waals surface area (Å²) < 4.78 is 0. The Bertz CT molecular complexity index is 134. The number of hydrogen-bond acceptors (Lipinski definition) is 1. The van der Waals surface area contributed by atoms with Gasteiger partial charge in [0, 0.05) is 12.5 Å². The summed E-state index contributed by atoms with van der Waals surface area (Å²) in [4.78, 5) is 0. The predicted molar refractivity (Wildman–Crippen MR) is 51.9 cm³/mol. The van der Waals surface area contributed by atoms with Crippen LogP contribution in [0.4, 0.5) is 0 Å². The van der Waals surface area contributed by atoms with Crippen LogP contribution in [0.1, 0.15) is 32.6 Å². The van der Waals surface area contributed by atoms with Crippen molar-refractivity contribution in [1.29, 1.82) is 0 Å². The highest BCUT2D eigenvalue weighted by atomic mass is 16.3. The van der Waals surface area contributed by atoms with Gasteiger partial charge in [0.2, 0.25) is 0 Å². The van der Waals surface area contributed by atoms with Gasteiger partial charge in [-0.2, -0.15) is 0 Å². The lowest BCUT2D eigenvalue weighted by atomic mass is 9.77. The molecule has 1 nitrogen and oxygen atoms in total.